The SMILES string of the molecule is NCCCC(O)(C(N)CCCCO)C(N)CCCCCO. The summed E-state index contributed by atoms with van der Waals surface area (Å²) in [6, 6.07) is -0.782. The second-order valence-corrected chi connectivity index (χ2v) is 5.89. The van der Waals surface area contributed by atoms with Gasteiger partial charge in [0, 0.05) is 25.3 Å². The van der Waals surface area contributed by atoms with Crippen molar-refractivity contribution in [3.8, 4) is 0 Å². The fourth-order valence-electron chi connectivity index (χ4n) is 2.66. The summed E-state index contributed by atoms with van der Waals surface area (Å²) in [7, 11) is 0. The summed E-state index contributed by atoms with van der Waals surface area (Å²) in [5.41, 5.74) is 16.8. The lowest BCUT2D eigenvalue weighted by atomic mass is 9.79. The highest BCUT2D eigenvalue weighted by molar-refractivity contribution is 4.97. The van der Waals surface area contributed by atoms with Gasteiger partial charge >= 0.3 is 0 Å². The highest BCUT2D eigenvalue weighted by Gasteiger charge is 2.38. The first kappa shape index (κ1) is 20.8. The van der Waals surface area contributed by atoms with Gasteiger partial charge in [0.1, 0.15) is 0 Å². The molecule has 0 aromatic heterocycles. The number of hydrogen-bond acceptors (Lipinski definition) is 6. The standard InChI is InChI=1S/C15H35N3O3/c16-10-6-9-15(21,14(18)8-3-5-12-20)13(17)7-2-1-4-11-19/h13-14,19-21H,1-12,16-18H2. The lowest BCUT2D eigenvalue weighted by Crippen LogP contribution is -2.59. The molecular weight excluding hydrogens is 270 g/mol. The summed E-state index contributed by atoms with van der Waals surface area (Å²) >= 11 is 0. The van der Waals surface area contributed by atoms with E-state index in [0.717, 1.165) is 25.7 Å². The van der Waals surface area contributed by atoms with Gasteiger partial charge in [-0.3, -0.25) is 0 Å². The van der Waals surface area contributed by atoms with Gasteiger partial charge in [-0.25, -0.2) is 0 Å². The van der Waals surface area contributed by atoms with E-state index in [4.69, 9.17) is 27.4 Å². The van der Waals surface area contributed by atoms with Gasteiger partial charge in [-0.1, -0.05) is 12.8 Å². The molecule has 0 amide bonds. The summed E-state index contributed by atoms with van der Waals surface area (Å²) < 4.78 is 0. The molecule has 0 aliphatic carbocycles. The maximum absolute atomic E-state index is 10.9. The second kappa shape index (κ2) is 12.3. The molecule has 21 heavy (non-hydrogen) atoms. The predicted octanol–water partition coefficient (Wildman–Crippen LogP) is -0.174. The van der Waals surface area contributed by atoms with Crippen molar-refractivity contribution in [1.29, 1.82) is 0 Å². The third kappa shape index (κ3) is 8.09. The summed E-state index contributed by atoms with van der Waals surface area (Å²) in [5, 5.41) is 28.5. The minimum Gasteiger partial charge on any atom is -0.396 e. The number of unbranched alkanes of at least 4 members (excludes halogenated alkanes) is 3. The fourth-order valence-corrected chi connectivity index (χ4v) is 2.66. The van der Waals surface area contributed by atoms with Crippen LogP contribution in [0.2, 0.25) is 0 Å². The van der Waals surface area contributed by atoms with Gasteiger partial charge in [0.15, 0.2) is 0 Å². The summed E-state index contributed by atoms with van der Waals surface area (Å²) in [5.74, 6) is 0. The van der Waals surface area contributed by atoms with Crippen molar-refractivity contribution in [2.24, 2.45) is 17.2 Å². The van der Waals surface area contributed by atoms with Gasteiger partial charge in [0.2, 0.25) is 0 Å². The van der Waals surface area contributed by atoms with Gasteiger partial charge in [0.05, 0.1) is 5.60 Å². The molecule has 0 spiro atoms. The lowest BCUT2D eigenvalue weighted by molar-refractivity contribution is -0.0251. The van der Waals surface area contributed by atoms with Crippen molar-refractivity contribution >= 4 is 0 Å². The van der Waals surface area contributed by atoms with Crippen molar-refractivity contribution in [2.75, 3.05) is 19.8 Å². The van der Waals surface area contributed by atoms with Crippen molar-refractivity contribution in [2.45, 2.75) is 75.5 Å². The van der Waals surface area contributed by atoms with Gasteiger partial charge in [0.25, 0.3) is 0 Å². The number of aliphatic hydroxyl groups is 3. The van der Waals surface area contributed by atoms with Crippen molar-refractivity contribution in [3.63, 3.8) is 0 Å². The van der Waals surface area contributed by atoms with E-state index in [-0.39, 0.29) is 19.3 Å². The molecule has 3 atom stereocenters. The Morgan fingerprint density at radius 3 is 1.71 bits per heavy atom. The number of nitrogens with two attached hydrogens (primary N) is 3. The summed E-state index contributed by atoms with van der Waals surface area (Å²) in [4.78, 5) is 0. The molecule has 0 rings (SSSR count). The van der Waals surface area contributed by atoms with Crippen LogP contribution in [0.15, 0.2) is 0 Å². The van der Waals surface area contributed by atoms with Crippen LogP contribution in [0.1, 0.15) is 57.8 Å². The Balaban J connectivity index is 4.48. The Bertz CT molecular complexity index is 244. The zero-order chi connectivity index (χ0) is 16.1. The van der Waals surface area contributed by atoms with E-state index in [1.54, 1.807) is 0 Å². The van der Waals surface area contributed by atoms with Gasteiger partial charge in [-0.2, -0.15) is 0 Å². The summed E-state index contributed by atoms with van der Waals surface area (Å²) in [6.07, 6.45) is 6.52. The van der Waals surface area contributed by atoms with E-state index in [1.165, 1.54) is 0 Å². The van der Waals surface area contributed by atoms with Crippen LogP contribution in [-0.2, 0) is 0 Å². The Kier molecular flexibility index (Phi) is 12.2. The van der Waals surface area contributed by atoms with Gasteiger partial charge in [-0.15, -0.1) is 0 Å². The van der Waals surface area contributed by atoms with Crippen LogP contribution in [0.4, 0.5) is 0 Å². The first-order valence-electron chi connectivity index (χ1n) is 8.18. The average molecular weight is 305 g/mol. The molecule has 0 aromatic rings. The predicted molar refractivity (Wildman–Crippen MR) is 85.7 cm³/mol. The molecule has 0 bridgehead atoms. The molecule has 6 heteroatoms. The zero-order valence-electron chi connectivity index (χ0n) is 13.2. The smallest absolute Gasteiger partial charge is 0.0948 e. The Labute approximate surface area is 128 Å². The van der Waals surface area contributed by atoms with E-state index < -0.39 is 11.6 Å². The number of aliphatic hydroxyl groups excluding tert-OH is 2. The highest BCUT2D eigenvalue weighted by Crippen LogP contribution is 2.26. The van der Waals surface area contributed by atoms with Crippen LogP contribution in [-0.4, -0.2) is 52.8 Å². The molecule has 9 N–H and O–H groups in total. The second-order valence-electron chi connectivity index (χ2n) is 5.89. The van der Waals surface area contributed by atoms with Gasteiger partial charge < -0.3 is 32.5 Å². The summed E-state index contributed by atoms with van der Waals surface area (Å²) in [6.45, 7) is 0.831. The van der Waals surface area contributed by atoms with Crippen LogP contribution < -0.4 is 17.2 Å². The van der Waals surface area contributed by atoms with E-state index in [1.807, 2.05) is 0 Å². The minimum atomic E-state index is -1.10. The van der Waals surface area contributed by atoms with E-state index in [9.17, 15) is 5.11 Å². The molecule has 0 saturated carbocycles. The maximum atomic E-state index is 10.9. The molecule has 0 aromatic carbocycles. The van der Waals surface area contributed by atoms with E-state index in [2.05, 4.69) is 0 Å². The molecule has 0 heterocycles. The molecule has 128 valence electrons. The molecule has 3 unspecified atom stereocenters. The molecule has 0 aliphatic rings. The van der Waals surface area contributed by atoms with Crippen LogP contribution in [0, 0.1) is 0 Å². The Morgan fingerprint density at radius 2 is 1.24 bits per heavy atom. The molecular formula is C15H35N3O3. The highest BCUT2D eigenvalue weighted by atomic mass is 16.3. The van der Waals surface area contributed by atoms with Crippen LogP contribution in [0.25, 0.3) is 0 Å². The van der Waals surface area contributed by atoms with Crippen LogP contribution in [0.5, 0.6) is 0 Å². The first-order valence-corrected chi connectivity index (χ1v) is 8.18. The third-order valence-electron chi connectivity index (χ3n) is 4.16. The average Bonchev–Trinajstić information content (AvgIpc) is 2.48. The number of rotatable bonds is 14. The molecule has 0 saturated heterocycles. The van der Waals surface area contributed by atoms with Crippen LogP contribution >= 0.6 is 0 Å². The van der Waals surface area contributed by atoms with Crippen LogP contribution in [0.3, 0.4) is 0 Å². The minimum absolute atomic E-state index is 0.140. The monoisotopic (exact) mass is 305 g/mol. The fraction of sp³-hybridized carbons (Fsp3) is 1.00. The topological polar surface area (TPSA) is 139 Å². The van der Waals surface area contributed by atoms with E-state index in [0.29, 0.717) is 38.6 Å². The quantitative estimate of drug-likeness (QED) is 0.246. The normalized spacial score (nSPS) is 17.4. The van der Waals surface area contributed by atoms with Crippen molar-refractivity contribution in [3.05, 3.63) is 0 Å². The van der Waals surface area contributed by atoms with Crippen molar-refractivity contribution in [1.82, 2.24) is 0 Å². The first-order chi connectivity index (χ1) is 10.0. The molecule has 0 radical (unpaired) electrons. The van der Waals surface area contributed by atoms with E-state index >= 15 is 0 Å². The van der Waals surface area contributed by atoms with Gasteiger partial charge in [-0.05, 0) is 51.5 Å². The third-order valence-corrected chi connectivity index (χ3v) is 4.16. The Morgan fingerprint density at radius 1 is 0.762 bits per heavy atom. The maximum Gasteiger partial charge on any atom is 0.0948 e. The molecule has 6 nitrogen and oxygen atoms in total. The lowest BCUT2D eigenvalue weighted by Gasteiger charge is -2.39. The largest absolute Gasteiger partial charge is 0.396 e. The zero-order valence-corrected chi connectivity index (χ0v) is 13.2. The number of hydrogen-bond donors (Lipinski definition) is 6. The molecule has 0 fully saturated rings. The van der Waals surface area contributed by atoms with Crippen molar-refractivity contribution < 1.29 is 15.3 Å². The molecule has 0 aliphatic heterocycles. The Hall–Kier alpha value is -0.240.